The van der Waals surface area contributed by atoms with E-state index in [0.29, 0.717) is 17.7 Å². The first-order valence-electron chi connectivity index (χ1n) is 10.5. The predicted molar refractivity (Wildman–Crippen MR) is 134 cm³/mol. The first-order chi connectivity index (χ1) is 14.5. The lowest BCUT2D eigenvalue weighted by atomic mass is 10.1. The number of carbonyl (C=O) groups excluding carboxylic acids is 1. The lowest BCUT2D eigenvalue weighted by molar-refractivity contribution is 0.101. The van der Waals surface area contributed by atoms with Crippen LogP contribution in [0.25, 0.3) is 11.1 Å². The molecule has 0 unspecified atom stereocenters. The number of nitrogen functional groups attached to an aromatic ring is 1. The highest BCUT2D eigenvalue weighted by molar-refractivity contribution is 5.96. The lowest BCUT2D eigenvalue weighted by Gasteiger charge is -2.36. The first-order valence-corrected chi connectivity index (χ1v) is 10.5. The van der Waals surface area contributed by atoms with Crippen molar-refractivity contribution in [3.05, 3.63) is 58.6 Å². The summed E-state index contributed by atoms with van der Waals surface area (Å²) in [6, 6.07) is 13.3. The summed E-state index contributed by atoms with van der Waals surface area (Å²) in [4.78, 5) is 28.6. The average molecular weight is 481 g/mol. The van der Waals surface area contributed by atoms with Crippen LogP contribution in [0.1, 0.15) is 30.1 Å². The fourth-order valence-corrected chi connectivity index (χ4v) is 4.02. The molecular weight excluding hydrogens is 451 g/mol. The maximum Gasteiger partial charge on any atom is 0.419 e. The molecule has 0 radical (unpaired) electrons. The number of nitrogens with zero attached hydrogens (tertiary/aromatic N) is 3. The molecular formula is C23H30Cl2N4O3. The molecule has 0 amide bonds. The highest BCUT2D eigenvalue weighted by Gasteiger charge is 2.17. The fourth-order valence-electron chi connectivity index (χ4n) is 4.02. The second-order valence-corrected chi connectivity index (χ2v) is 7.89. The summed E-state index contributed by atoms with van der Waals surface area (Å²) >= 11 is 0. The Morgan fingerprint density at radius 2 is 1.62 bits per heavy atom. The number of fused-ring (bicyclic) bond motifs is 1. The minimum absolute atomic E-state index is 0. The molecule has 7 nitrogen and oxygen atoms in total. The number of unbranched alkanes of at least 4 members (excludes halogenated alkanes) is 1. The maximum atomic E-state index is 12.2. The molecule has 0 atom stereocenters. The van der Waals surface area contributed by atoms with E-state index in [4.69, 9.17) is 10.2 Å². The molecule has 1 aromatic heterocycles. The van der Waals surface area contributed by atoms with Crippen LogP contribution in [-0.2, 0) is 6.54 Å². The number of oxazole rings is 1. The molecule has 0 aliphatic carbocycles. The number of aromatic nitrogens is 1. The van der Waals surface area contributed by atoms with Gasteiger partial charge in [-0.3, -0.25) is 14.3 Å². The molecule has 0 saturated carbocycles. The van der Waals surface area contributed by atoms with E-state index in [-0.39, 0.29) is 36.4 Å². The number of anilines is 2. The van der Waals surface area contributed by atoms with Crippen LogP contribution in [0.3, 0.4) is 0 Å². The van der Waals surface area contributed by atoms with Crippen LogP contribution in [0.2, 0.25) is 0 Å². The van der Waals surface area contributed by atoms with Gasteiger partial charge in [0.2, 0.25) is 0 Å². The monoisotopic (exact) mass is 480 g/mol. The highest BCUT2D eigenvalue weighted by Crippen LogP contribution is 2.19. The van der Waals surface area contributed by atoms with Crippen LogP contribution < -0.4 is 16.4 Å². The summed E-state index contributed by atoms with van der Waals surface area (Å²) < 4.78 is 6.99. The van der Waals surface area contributed by atoms with Gasteiger partial charge >= 0.3 is 5.76 Å². The third-order valence-corrected chi connectivity index (χ3v) is 5.81. The van der Waals surface area contributed by atoms with Gasteiger partial charge in [-0.05, 0) is 68.8 Å². The van der Waals surface area contributed by atoms with Crippen LogP contribution in [0.15, 0.2) is 51.7 Å². The lowest BCUT2D eigenvalue weighted by Crippen LogP contribution is -2.46. The molecule has 9 heteroatoms. The van der Waals surface area contributed by atoms with Gasteiger partial charge in [0.1, 0.15) is 0 Å². The minimum atomic E-state index is -0.359. The van der Waals surface area contributed by atoms with E-state index in [1.165, 1.54) is 12.6 Å². The van der Waals surface area contributed by atoms with Gasteiger partial charge in [0.15, 0.2) is 11.4 Å². The van der Waals surface area contributed by atoms with E-state index < -0.39 is 0 Å². The molecule has 4 rings (SSSR count). The number of benzene rings is 2. The predicted octanol–water partition coefficient (Wildman–Crippen LogP) is 3.83. The zero-order valence-corrected chi connectivity index (χ0v) is 19.8. The van der Waals surface area contributed by atoms with Crippen molar-refractivity contribution in [2.24, 2.45) is 0 Å². The fraction of sp³-hybridized carbons (Fsp3) is 0.391. The SMILES string of the molecule is CC(=O)c1ccc2c(c1)oc(=O)n2CCCCN1CCN(c2ccc(N)cc2)CC1.Cl.Cl. The summed E-state index contributed by atoms with van der Waals surface area (Å²) in [7, 11) is 0. The Balaban J connectivity index is 0.00000181. The normalized spacial score (nSPS) is 14.1. The van der Waals surface area contributed by atoms with E-state index in [9.17, 15) is 9.59 Å². The highest BCUT2D eigenvalue weighted by atomic mass is 35.5. The number of piperazine rings is 1. The third-order valence-electron chi connectivity index (χ3n) is 5.81. The number of nitrogens with two attached hydrogens (primary N) is 1. The molecule has 1 aliphatic heterocycles. The zero-order valence-electron chi connectivity index (χ0n) is 18.2. The van der Waals surface area contributed by atoms with E-state index >= 15 is 0 Å². The number of Topliss-reactive ketones (excluding diaryl/α,β-unsaturated/α-hetero) is 1. The van der Waals surface area contributed by atoms with Gasteiger partial charge in [0, 0.05) is 49.7 Å². The Morgan fingerprint density at radius 1 is 0.969 bits per heavy atom. The van der Waals surface area contributed by atoms with E-state index in [1.807, 2.05) is 12.1 Å². The summed E-state index contributed by atoms with van der Waals surface area (Å²) in [6.07, 6.45) is 1.92. The minimum Gasteiger partial charge on any atom is -0.408 e. The smallest absolute Gasteiger partial charge is 0.408 e. The molecule has 1 saturated heterocycles. The Bertz CT molecular complexity index is 1090. The van der Waals surface area contributed by atoms with Crippen molar-refractivity contribution in [1.29, 1.82) is 0 Å². The van der Waals surface area contributed by atoms with Gasteiger partial charge in [0.25, 0.3) is 0 Å². The van der Waals surface area contributed by atoms with Crippen LogP contribution in [0.5, 0.6) is 0 Å². The number of rotatable bonds is 7. The standard InChI is InChI=1S/C23H28N4O3.2ClH/c1-17(28)18-4-9-21-22(16-18)30-23(29)27(21)11-3-2-10-25-12-14-26(15-13-25)20-7-5-19(24)6-8-20;;/h4-9,16H,2-3,10-15,24H2,1H3;2*1H. The number of halogens is 2. The van der Waals surface area contributed by atoms with Crippen LogP contribution in [-0.4, -0.2) is 48.0 Å². The largest absolute Gasteiger partial charge is 0.419 e. The molecule has 174 valence electrons. The van der Waals surface area contributed by atoms with Gasteiger partial charge in [-0.2, -0.15) is 0 Å². The van der Waals surface area contributed by atoms with Crippen LogP contribution >= 0.6 is 24.8 Å². The molecule has 2 aromatic carbocycles. The van der Waals surface area contributed by atoms with Crippen molar-refractivity contribution in [2.45, 2.75) is 26.3 Å². The molecule has 2 heterocycles. The second kappa shape index (κ2) is 11.4. The molecule has 3 aromatic rings. The van der Waals surface area contributed by atoms with Crippen molar-refractivity contribution in [1.82, 2.24) is 9.47 Å². The summed E-state index contributed by atoms with van der Waals surface area (Å²) in [5.74, 6) is -0.397. The Kier molecular flexibility index (Phi) is 9.19. The Hall–Kier alpha value is -2.48. The van der Waals surface area contributed by atoms with E-state index in [0.717, 1.165) is 56.8 Å². The van der Waals surface area contributed by atoms with Crippen molar-refractivity contribution >= 4 is 53.1 Å². The number of carbonyl (C=O) groups is 1. The first kappa shape index (κ1) is 25.8. The molecule has 0 spiro atoms. The van der Waals surface area contributed by atoms with Crippen molar-refractivity contribution in [2.75, 3.05) is 43.4 Å². The van der Waals surface area contributed by atoms with Gasteiger partial charge in [-0.15, -0.1) is 24.8 Å². The summed E-state index contributed by atoms with van der Waals surface area (Å²) in [5.41, 5.74) is 9.58. The number of hydrogen-bond acceptors (Lipinski definition) is 6. The quantitative estimate of drug-likeness (QED) is 0.314. The Labute approximate surface area is 200 Å². The van der Waals surface area contributed by atoms with Crippen molar-refractivity contribution < 1.29 is 9.21 Å². The Morgan fingerprint density at radius 3 is 2.28 bits per heavy atom. The van der Waals surface area contributed by atoms with Crippen molar-refractivity contribution in [3.8, 4) is 0 Å². The van der Waals surface area contributed by atoms with E-state index in [1.54, 1.807) is 22.8 Å². The topological polar surface area (TPSA) is 84.7 Å². The molecule has 1 fully saturated rings. The van der Waals surface area contributed by atoms with Gasteiger partial charge in [-0.1, -0.05) is 0 Å². The third kappa shape index (κ3) is 5.85. The number of aryl methyl sites for hydroxylation is 1. The zero-order chi connectivity index (χ0) is 21.1. The summed E-state index contributed by atoms with van der Waals surface area (Å²) in [5, 5.41) is 0. The number of ketones is 1. The van der Waals surface area contributed by atoms with Gasteiger partial charge in [-0.25, -0.2) is 4.79 Å². The van der Waals surface area contributed by atoms with Crippen molar-refractivity contribution in [3.63, 3.8) is 0 Å². The van der Waals surface area contributed by atoms with Gasteiger partial charge in [0.05, 0.1) is 5.52 Å². The average Bonchev–Trinajstić information content (AvgIpc) is 3.06. The molecule has 0 bridgehead atoms. The van der Waals surface area contributed by atoms with Crippen LogP contribution in [0, 0.1) is 0 Å². The molecule has 32 heavy (non-hydrogen) atoms. The summed E-state index contributed by atoms with van der Waals surface area (Å²) in [6.45, 7) is 7.24. The van der Waals surface area contributed by atoms with Gasteiger partial charge < -0.3 is 15.1 Å². The molecule has 1 aliphatic rings. The van der Waals surface area contributed by atoms with E-state index in [2.05, 4.69) is 21.9 Å². The van der Waals surface area contributed by atoms with Crippen LogP contribution in [0.4, 0.5) is 11.4 Å². The number of hydrogen-bond donors (Lipinski definition) is 1. The molecule has 2 N–H and O–H groups in total. The maximum absolute atomic E-state index is 12.2. The second-order valence-electron chi connectivity index (χ2n) is 7.89.